The van der Waals surface area contributed by atoms with E-state index in [2.05, 4.69) is 10.2 Å². The molecule has 0 saturated carbocycles. The Hall–Kier alpha value is -1.23. The van der Waals surface area contributed by atoms with Gasteiger partial charge in [0, 0.05) is 6.92 Å². The minimum Gasteiger partial charge on any atom is -0.468 e. The highest BCUT2D eigenvalue weighted by Crippen LogP contribution is 2.16. The van der Waals surface area contributed by atoms with E-state index in [1.165, 1.54) is 0 Å². The van der Waals surface area contributed by atoms with Gasteiger partial charge in [-0.15, -0.1) is 22.0 Å². The molecule has 14 heavy (non-hydrogen) atoms. The molecule has 0 atom stereocenters. The molecule has 0 aliphatic rings. The summed E-state index contributed by atoms with van der Waals surface area (Å²) in [5.74, 6) is 3.79. The minimum atomic E-state index is 0.610. The summed E-state index contributed by atoms with van der Waals surface area (Å²) in [5, 5.41) is 7.65. The zero-order valence-electron chi connectivity index (χ0n) is 7.77. The van der Waals surface area contributed by atoms with Crippen LogP contribution in [-0.4, -0.2) is 10.2 Å². The predicted molar refractivity (Wildman–Crippen MR) is 52.7 cm³/mol. The second-order valence-corrected chi connectivity index (χ2v) is 3.77. The molecule has 5 heteroatoms. The molecule has 0 aliphatic carbocycles. The van der Waals surface area contributed by atoms with E-state index in [4.69, 9.17) is 8.83 Å². The van der Waals surface area contributed by atoms with Gasteiger partial charge in [-0.05, 0) is 12.1 Å². The molecule has 0 aromatic carbocycles. The maximum atomic E-state index is 5.23. The molecular weight excluding hydrogens is 200 g/mol. The van der Waals surface area contributed by atoms with Gasteiger partial charge in [-0.25, -0.2) is 0 Å². The quantitative estimate of drug-likeness (QED) is 0.775. The fourth-order valence-electron chi connectivity index (χ4n) is 1.03. The Morgan fingerprint density at radius 3 is 2.93 bits per heavy atom. The lowest BCUT2D eigenvalue weighted by Gasteiger charge is -1.93. The van der Waals surface area contributed by atoms with Crippen LogP contribution in [0.3, 0.4) is 0 Å². The summed E-state index contributed by atoms with van der Waals surface area (Å²) in [4.78, 5) is 0. The summed E-state index contributed by atoms with van der Waals surface area (Å²) >= 11 is 1.69. The van der Waals surface area contributed by atoms with Crippen molar-refractivity contribution in [2.24, 2.45) is 0 Å². The Bertz CT molecular complexity index is 383. The van der Waals surface area contributed by atoms with E-state index in [1.807, 2.05) is 12.1 Å². The summed E-state index contributed by atoms with van der Waals surface area (Å²) in [6.45, 7) is 1.79. The van der Waals surface area contributed by atoms with Crippen molar-refractivity contribution in [3.63, 3.8) is 0 Å². The van der Waals surface area contributed by atoms with Crippen LogP contribution in [0.15, 0.2) is 27.2 Å². The van der Waals surface area contributed by atoms with Gasteiger partial charge in [-0.3, -0.25) is 0 Å². The molecule has 2 aromatic heterocycles. The van der Waals surface area contributed by atoms with Crippen molar-refractivity contribution in [2.45, 2.75) is 18.4 Å². The summed E-state index contributed by atoms with van der Waals surface area (Å²) in [7, 11) is 0. The van der Waals surface area contributed by atoms with Crippen molar-refractivity contribution in [3.05, 3.63) is 35.9 Å². The molecule has 0 radical (unpaired) electrons. The van der Waals surface area contributed by atoms with Crippen molar-refractivity contribution < 1.29 is 8.83 Å². The number of rotatable bonds is 4. The van der Waals surface area contributed by atoms with Gasteiger partial charge in [0.15, 0.2) is 0 Å². The summed E-state index contributed by atoms with van der Waals surface area (Å²) in [5.41, 5.74) is 0. The lowest BCUT2D eigenvalue weighted by molar-refractivity contribution is 0.485. The third kappa shape index (κ3) is 2.38. The molecule has 74 valence electrons. The maximum Gasteiger partial charge on any atom is 0.226 e. The summed E-state index contributed by atoms with van der Waals surface area (Å²) < 4.78 is 10.4. The topological polar surface area (TPSA) is 52.1 Å². The number of aryl methyl sites for hydroxylation is 1. The van der Waals surface area contributed by atoms with Crippen LogP contribution >= 0.6 is 11.8 Å². The average Bonchev–Trinajstić information content (AvgIpc) is 2.77. The Morgan fingerprint density at radius 1 is 1.36 bits per heavy atom. The van der Waals surface area contributed by atoms with Gasteiger partial charge in [0.2, 0.25) is 11.8 Å². The van der Waals surface area contributed by atoms with E-state index in [1.54, 1.807) is 24.9 Å². The standard InChI is InChI=1S/C9H10N2O2S/c1-7-10-11-9(13-7)6-14-5-8-3-2-4-12-8/h2-4H,5-6H2,1H3. The van der Waals surface area contributed by atoms with Gasteiger partial charge in [-0.1, -0.05) is 0 Å². The molecule has 4 nitrogen and oxygen atoms in total. The first-order chi connectivity index (χ1) is 6.84. The number of thioether (sulfide) groups is 1. The highest BCUT2D eigenvalue weighted by Gasteiger charge is 2.02. The second-order valence-electron chi connectivity index (χ2n) is 2.79. The van der Waals surface area contributed by atoms with Gasteiger partial charge in [-0.2, -0.15) is 0 Å². The third-order valence-corrected chi connectivity index (χ3v) is 2.56. The molecule has 0 N–H and O–H groups in total. The van der Waals surface area contributed by atoms with E-state index >= 15 is 0 Å². The van der Waals surface area contributed by atoms with Crippen molar-refractivity contribution in [1.82, 2.24) is 10.2 Å². The van der Waals surface area contributed by atoms with Gasteiger partial charge in [0.25, 0.3) is 0 Å². The van der Waals surface area contributed by atoms with Crippen LogP contribution in [0.2, 0.25) is 0 Å². The Labute approximate surface area is 85.7 Å². The predicted octanol–water partition coefficient (Wildman–Crippen LogP) is 2.40. The molecule has 2 heterocycles. The highest BCUT2D eigenvalue weighted by molar-refractivity contribution is 7.97. The molecule has 0 fully saturated rings. The van der Waals surface area contributed by atoms with Gasteiger partial charge < -0.3 is 8.83 Å². The molecule has 0 unspecified atom stereocenters. The van der Waals surface area contributed by atoms with Crippen molar-refractivity contribution in [1.29, 1.82) is 0 Å². The van der Waals surface area contributed by atoms with E-state index < -0.39 is 0 Å². The molecular formula is C9H10N2O2S. The zero-order chi connectivity index (χ0) is 9.80. The average molecular weight is 210 g/mol. The number of hydrogen-bond donors (Lipinski definition) is 0. The van der Waals surface area contributed by atoms with Crippen LogP contribution in [0.4, 0.5) is 0 Å². The fraction of sp³-hybridized carbons (Fsp3) is 0.333. The maximum absolute atomic E-state index is 5.23. The van der Waals surface area contributed by atoms with Crippen LogP contribution in [-0.2, 0) is 11.5 Å². The van der Waals surface area contributed by atoms with E-state index in [-0.39, 0.29) is 0 Å². The first kappa shape index (κ1) is 9.33. The summed E-state index contributed by atoms with van der Waals surface area (Å²) in [6, 6.07) is 3.83. The molecule has 0 saturated heterocycles. The van der Waals surface area contributed by atoms with Crippen LogP contribution in [0, 0.1) is 6.92 Å². The normalized spacial score (nSPS) is 10.6. The van der Waals surface area contributed by atoms with Crippen molar-refractivity contribution in [3.8, 4) is 0 Å². The molecule has 0 aliphatic heterocycles. The van der Waals surface area contributed by atoms with E-state index in [9.17, 15) is 0 Å². The minimum absolute atomic E-state index is 0.610. The molecule has 0 amide bonds. The smallest absolute Gasteiger partial charge is 0.226 e. The van der Waals surface area contributed by atoms with Crippen LogP contribution < -0.4 is 0 Å². The van der Waals surface area contributed by atoms with Crippen LogP contribution in [0.1, 0.15) is 17.5 Å². The van der Waals surface area contributed by atoms with Crippen LogP contribution in [0.5, 0.6) is 0 Å². The Morgan fingerprint density at radius 2 is 2.29 bits per heavy atom. The highest BCUT2D eigenvalue weighted by atomic mass is 32.2. The molecule has 2 rings (SSSR count). The fourth-order valence-corrected chi connectivity index (χ4v) is 1.79. The van der Waals surface area contributed by atoms with Crippen LogP contribution in [0.25, 0.3) is 0 Å². The van der Waals surface area contributed by atoms with Gasteiger partial charge in [0.05, 0.1) is 17.8 Å². The molecule has 0 spiro atoms. The molecule has 0 bridgehead atoms. The van der Waals surface area contributed by atoms with Crippen molar-refractivity contribution in [2.75, 3.05) is 0 Å². The Balaban J connectivity index is 1.78. The lowest BCUT2D eigenvalue weighted by atomic mass is 10.5. The number of aromatic nitrogens is 2. The second kappa shape index (κ2) is 4.32. The van der Waals surface area contributed by atoms with Crippen molar-refractivity contribution >= 4 is 11.8 Å². The number of hydrogen-bond acceptors (Lipinski definition) is 5. The lowest BCUT2D eigenvalue weighted by Crippen LogP contribution is -1.81. The van der Waals surface area contributed by atoms with E-state index in [0.717, 1.165) is 17.3 Å². The Kier molecular flexibility index (Phi) is 2.88. The third-order valence-electron chi connectivity index (χ3n) is 1.62. The number of furan rings is 1. The number of nitrogens with zero attached hydrogens (tertiary/aromatic N) is 2. The largest absolute Gasteiger partial charge is 0.468 e. The van der Waals surface area contributed by atoms with Gasteiger partial charge >= 0.3 is 0 Å². The van der Waals surface area contributed by atoms with E-state index in [0.29, 0.717) is 11.8 Å². The first-order valence-corrected chi connectivity index (χ1v) is 5.39. The monoisotopic (exact) mass is 210 g/mol. The zero-order valence-corrected chi connectivity index (χ0v) is 8.58. The summed E-state index contributed by atoms with van der Waals surface area (Å²) in [6.07, 6.45) is 1.67. The SMILES string of the molecule is Cc1nnc(CSCc2ccco2)o1. The molecule has 2 aromatic rings. The first-order valence-electron chi connectivity index (χ1n) is 4.24. The van der Waals surface area contributed by atoms with Gasteiger partial charge in [0.1, 0.15) is 5.76 Å².